The highest BCUT2D eigenvalue weighted by Gasteiger charge is 2.32. The molecule has 0 aliphatic carbocycles. The molecule has 0 spiro atoms. The van der Waals surface area contributed by atoms with Gasteiger partial charge in [0, 0.05) is 50.4 Å². The third-order valence-corrected chi connectivity index (χ3v) is 6.12. The molecule has 3 aromatic heterocycles. The Labute approximate surface area is 183 Å². The molecule has 9 nitrogen and oxygen atoms in total. The minimum atomic E-state index is -0.252. The predicted molar refractivity (Wildman–Crippen MR) is 117 cm³/mol. The van der Waals surface area contributed by atoms with E-state index in [-0.39, 0.29) is 11.7 Å². The number of hydrogen-bond acceptors (Lipinski definition) is 7. The summed E-state index contributed by atoms with van der Waals surface area (Å²) in [5.41, 5.74) is 3.88. The molecule has 1 atom stereocenters. The quantitative estimate of drug-likeness (QED) is 0.519. The zero-order chi connectivity index (χ0) is 22.0. The van der Waals surface area contributed by atoms with Crippen molar-refractivity contribution >= 4 is 17.3 Å². The Bertz CT molecular complexity index is 1360. The summed E-state index contributed by atoms with van der Waals surface area (Å²) in [6.07, 6.45) is 1.63. The third-order valence-electron chi connectivity index (χ3n) is 6.12. The Morgan fingerprint density at radius 3 is 2.75 bits per heavy atom. The summed E-state index contributed by atoms with van der Waals surface area (Å²) in [7, 11) is 5.79. The molecule has 5 heterocycles. The second-order valence-electron chi connectivity index (χ2n) is 8.31. The molecule has 10 heteroatoms. The number of benzene rings is 1. The van der Waals surface area contributed by atoms with Gasteiger partial charge in [-0.2, -0.15) is 5.10 Å². The molecule has 6 rings (SSSR count). The summed E-state index contributed by atoms with van der Waals surface area (Å²) in [5, 5.41) is 16.4. The SMILES string of the molecule is CN(C)c1cc(-c2cc3c(n4cnnc24)NCc2c(F)ccc4c2[C@H](CO4)CO3)n(C)n1. The highest BCUT2D eigenvalue weighted by atomic mass is 19.1. The Kier molecular flexibility index (Phi) is 4.04. The number of aryl methyl sites for hydroxylation is 1. The predicted octanol–water partition coefficient (Wildman–Crippen LogP) is 2.82. The fourth-order valence-electron chi connectivity index (χ4n) is 4.50. The van der Waals surface area contributed by atoms with Crippen LogP contribution in [0.2, 0.25) is 0 Å². The van der Waals surface area contributed by atoms with Crippen molar-refractivity contribution in [3.63, 3.8) is 0 Å². The van der Waals surface area contributed by atoms with Gasteiger partial charge in [-0.05, 0) is 18.2 Å². The van der Waals surface area contributed by atoms with E-state index in [1.807, 2.05) is 47.3 Å². The lowest BCUT2D eigenvalue weighted by Crippen LogP contribution is -2.13. The number of nitrogens with one attached hydrogen (secondary N) is 1. The Hall–Kier alpha value is -3.82. The second kappa shape index (κ2) is 6.84. The van der Waals surface area contributed by atoms with Gasteiger partial charge in [0.2, 0.25) is 0 Å². The fraction of sp³-hybridized carbons (Fsp3) is 0.318. The van der Waals surface area contributed by atoms with Crippen LogP contribution in [0.3, 0.4) is 0 Å². The van der Waals surface area contributed by atoms with Crippen molar-refractivity contribution in [2.24, 2.45) is 7.05 Å². The van der Waals surface area contributed by atoms with E-state index in [4.69, 9.17) is 9.47 Å². The molecule has 4 aromatic rings. The van der Waals surface area contributed by atoms with E-state index < -0.39 is 0 Å². The highest BCUT2D eigenvalue weighted by molar-refractivity contribution is 5.81. The number of pyridine rings is 1. The van der Waals surface area contributed by atoms with Crippen LogP contribution in [0, 0.1) is 5.82 Å². The van der Waals surface area contributed by atoms with E-state index in [1.165, 1.54) is 6.07 Å². The van der Waals surface area contributed by atoms with E-state index >= 15 is 0 Å². The van der Waals surface area contributed by atoms with Crippen LogP contribution in [0.5, 0.6) is 11.5 Å². The van der Waals surface area contributed by atoms with Crippen LogP contribution < -0.4 is 19.7 Å². The number of rotatable bonds is 2. The van der Waals surface area contributed by atoms with Gasteiger partial charge in [-0.1, -0.05) is 0 Å². The van der Waals surface area contributed by atoms with E-state index in [1.54, 1.807) is 12.4 Å². The van der Waals surface area contributed by atoms with Crippen LogP contribution in [0.25, 0.3) is 16.9 Å². The van der Waals surface area contributed by atoms with Crippen molar-refractivity contribution in [2.45, 2.75) is 12.5 Å². The lowest BCUT2D eigenvalue weighted by atomic mass is 9.96. The summed E-state index contributed by atoms with van der Waals surface area (Å²) in [5.74, 6) is 2.59. The third kappa shape index (κ3) is 2.72. The molecule has 32 heavy (non-hydrogen) atoms. The van der Waals surface area contributed by atoms with Gasteiger partial charge >= 0.3 is 0 Å². The molecule has 0 radical (unpaired) electrons. The zero-order valence-corrected chi connectivity index (χ0v) is 18.0. The Morgan fingerprint density at radius 2 is 1.97 bits per heavy atom. The lowest BCUT2D eigenvalue weighted by molar-refractivity contribution is 0.249. The smallest absolute Gasteiger partial charge is 0.171 e. The van der Waals surface area contributed by atoms with E-state index in [0.717, 1.165) is 28.4 Å². The number of aromatic nitrogens is 5. The summed E-state index contributed by atoms with van der Waals surface area (Å²) >= 11 is 0. The van der Waals surface area contributed by atoms with Crippen LogP contribution in [0.4, 0.5) is 16.0 Å². The molecule has 1 N–H and O–H groups in total. The van der Waals surface area contributed by atoms with Gasteiger partial charge in [0.1, 0.15) is 17.9 Å². The maximum Gasteiger partial charge on any atom is 0.171 e. The van der Waals surface area contributed by atoms with Crippen molar-refractivity contribution in [1.29, 1.82) is 0 Å². The fourth-order valence-corrected chi connectivity index (χ4v) is 4.50. The minimum Gasteiger partial charge on any atom is -0.493 e. The van der Waals surface area contributed by atoms with E-state index in [0.29, 0.717) is 42.5 Å². The molecule has 1 aromatic carbocycles. The van der Waals surface area contributed by atoms with Crippen molar-refractivity contribution < 1.29 is 13.9 Å². The molecular formula is C22H22FN7O2. The standard InChI is InChI=1S/C22H22FN7O2/c1-28(2)19-7-16(29(3)27-19)13-6-18-22(30-11-25-26-21(13)30)24-8-14-15(23)4-5-17-20(14)12(9-31-17)10-32-18/h4-7,11-12,24H,8-10H2,1-3H3/t12-/m1/s1. The summed E-state index contributed by atoms with van der Waals surface area (Å²) in [6.45, 7) is 1.14. The molecule has 0 saturated carbocycles. The van der Waals surface area contributed by atoms with Crippen LogP contribution >= 0.6 is 0 Å². The van der Waals surface area contributed by atoms with Gasteiger partial charge in [0.25, 0.3) is 0 Å². The maximum absolute atomic E-state index is 14.7. The number of nitrogens with zero attached hydrogens (tertiary/aromatic N) is 6. The van der Waals surface area contributed by atoms with Crippen LogP contribution in [0.15, 0.2) is 30.6 Å². The molecule has 2 aliphatic heterocycles. The van der Waals surface area contributed by atoms with Crippen LogP contribution in [0.1, 0.15) is 17.0 Å². The lowest BCUT2D eigenvalue weighted by Gasteiger charge is -2.16. The summed E-state index contributed by atoms with van der Waals surface area (Å²) < 4.78 is 30.5. The maximum atomic E-state index is 14.7. The Balaban J connectivity index is 1.51. The van der Waals surface area contributed by atoms with E-state index in [2.05, 4.69) is 20.6 Å². The van der Waals surface area contributed by atoms with Gasteiger partial charge < -0.3 is 19.7 Å². The number of anilines is 2. The van der Waals surface area contributed by atoms with Crippen LogP contribution in [-0.4, -0.2) is 51.7 Å². The zero-order valence-electron chi connectivity index (χ0n) is 18.0. The molecule has 2 aliphatic rings. The minimum absolute atomic E-state index is 0.0412. The Morgan fingerprint density at radius 1 is 1.16 bits per heavy atom. The van der Waals surface area contributed by atoms with Crippen molar-refractivity contribution in [1.82, 2.24) is 24.4 Å². The number of fused-ring (bicyclic) bond motifs is 3. The molecular weight excluding hydrogens is 413 g/mol. The molecule has 0 saturated heterocycles. The first-order valence-electron chi connectivity index (χ1n) is 10.4. The van der Waals surface area contributed by atoms with Gasteiger partial charge in [0.05, 0.1) is 24.8 Å². The van der Waals surface area contributed by atoms with E-state index in [9.17, 15) is 4.39 Å². The average molecular weight is 435 g/mol. The molecule has 0 unspecified atom stereocenters. The summed E-state index contributed by atoms with van der Waals surface area (Å²) in [4.78, 5) is 1.95. The number of hydrogen-bond donors (Lipinski definition) is 1. The van der Waals surface area contributed by atoms with Gasteiger partial charge in [-0.15, -0.1) is 10.2 Å². The average Bonchev–Trinajstić information content (AvgIpc) is 3.50. The van der Waals surface area contributed by atoms with Gasteiger partial charge in [0.15, 0.2) is 23.0 Å². The van der Waals surface area contributed by atoms with Crippen LogP contribution in [-0.2, 0) is 13.6 Å². The number of ether oxygens (including phenoxy) is 2. The first kappa shape index (κ1) is 18.9. The largest absolute Gasteiger partial charge is 0.493 e. The number of halogens is 1. The first-order chi connectivity index (χ1) is 15.5. The summed E-state index contributed by atoms with van der Waals surface area (Å²) in [6, 6.07) is 7.10. The van der Waals surface area contributed by atoms with Crippen molar-refractivity contribution in [3.05, 3.63) is 47.5 Å². The molecule has 0 amide bonds. The van der Waals surface area contributed by atoms with Gasteiger partial charge in [-0.3, -0.25) is 9.08 Å². The second-order valence-corrected chi connectivity index (χ2v) is 8.31. The van der Waals surface area contributed by atoms with Crippen molar-refractivity contribution in [2.75, 3.05) is 37.5 Å². The van der Waals surface area contributed by atoms with Crippen molar-refractivity contribution in [3.8, 4) is 22.8 Å². The highest BCUT2D eigenvalue weighted by Crippen LogP contribution is 2.42. The molecule has 0 bridgehead atoms. The normalized spacial score (nSPS) is 16.8. The topological polar surface area (TPSA) is 81.7 Å². The monoisotopic (exact) mass is 435 g/mol. The first-order valence-corrected chi connectivity index (χ1v) is 10.4. The molecule has 164 valence electrons. The van der Waals surface area contributed by atoms with Gasteiger partial charge in [-0.25, -0.2) is 4.39 Å². The molecule has 0 fully saturated rings.